The van der Waals surface area contributed by atoms with Gasteiger partial charge < -0.3 is 0 Å². The fourth-order valence-corrected chi connectivity index (χ4v) is 5.08. The van der Waals surface area contributed by atoms with Crippen molar-refractivity contribution in [3.63, 3.8) is 0 Å². The highest BCUT2D eigenvalue weighted by Gasteiger charge is 2.20. The van der Waals surface area contributed by atoms with Crippen LogP contribution in [0.3, 0.4) is 0 Å². The summed E-state index contributed by atoms with van der Waals surface area (Å²) in [6, 6.07) is 3.58. The number of hydrogen-bond acceptors (Lipinski definition) is 0. The van der Waals surface area contributed by atoms with Gasteiger partial charge >= 0.3 is 0 Å². The van der Waals surface area contributed by atoms with Crippen LogP contribution >= 0.6 is 0 Å². The fraction of sp³-hybridized carbons (Fsp3) is 0.571. The van der Waals surface area contributed by atoms with Gasteiger partial charge in [-0.25, -0.2) is 8.78 Å². The molecule has 2 aliphatic rings. The van der Waals surface area contributed by atoms with E-state index >= 15 is 0 Å². The molecule has 1 aromatic rings. The zero-order valence-corrected chi connectivity index (χ0v) is 18.6. The minimum absolute atomic E-state index is 0.467. The molecule has 1 fully saturated rings. The van der Waals surface area contributed by atoms with Gasteiger partial charge in [0.2, 0.25) is 0 Å². The molecule has 0 aliphatic heterocycles. The Morgan fingerprint density at radius 2 is 1.80 bits per heavy atom. The predicted octanol–water partition coefficient (Wildman–Crippen LogP) is 8.82. The van der Waals surface area contributed by atoms with Crippen LogP contribution in [0.15, 0.2) is 43.0 Å². The third-order valence-electron chi connectivity index (χ3n) is 7.26. The van der Waals surface area contributed by atoms with Crippen molar-refractivity contribution in [1.82, 2.24) is 0 Å². The number of allylic oxidation sites excluding steroid dienone is 5. The van der Waals surface area contributed by atoms with Crippen LogP contribution in [-0.2, 0) is 6.42 Å². The summed E-state index contributed by atoms with van der Waals surface area (Å²) >= 11 is 0. The van der Waals surface area contributed by atoms with Crippen molar-refractivity contribution in [1.29, 1.82) is 0 Å². The first kappa shape index (κ1) is 23.0. The summed E-state index contributed by atoms with van der Waals surface area (Å²) in [5.41, 5.74) is 1.94. The van der Waals surface area contributed by atoms with E-state index in [0.29, 0.717) is 29.4 Å². The molecule has 0 spiro atoms. The average molecular weight is 413 g/mol. The van der Waals surface area contributed by atoms with Crippen LogP contribution in [0.25, 0.3) is 5.57 Å². The molecule has 0 aromatic heterocycles. The Balaban J connectivity index is 1.49. The van der Waals surface area contributed by atoms with E-state index in [1.165, 1.54) is 32.1 Å². The first-order valence-electron chi connectivity index (χ1n) is 12.1. The smallest absolute Gasteiger partial charge is 0.166 e. The molecule has 2 aliphatic carbocycles. The highest BCUT2D eigenvalue weighted by molar-refractivity contribution is 5.67. The lowest BCUT2D eigenvalue weighted by atomic mass is 9.80. The van der Waals surface area contributed by atoms with E-state index in [9.17, 15) is 8.78 Å². The largest absolute Gasteiger partial charge is 0.203 e. The van der Waals surface area contributed by atoms with Crippen molar-refractivity contribution >= 4 is 5.57 Å². The number of aryl methyl sites for hydroxylation is 1. The molecule has 0 saturated heterocycles. The van der Waals surface area contributed by atoms with Gasteiger partial charge in [-0.3, -0.25) is 0 Å². The molecular formula is C28H38F2. The van der Waals surface area contributed by atoms with Crippen LogP contribution in [-0.4, -0.2) is 0 Å². The summed E-state index contributed by atoms with van der Waals surface area (Å²) in [5, 5.41) is 0. The van der Waals surface area contributed by atoms with Gasteiger partial charge in [0, 0.05) is 5.56 Å². The van der Waals surface area contributed by atoms with Gasteiger partial charge in [-0.15, -0.1) is 6.58 Å². The molecule has 1 atom stereocenters. The molecule has 0 nitrogen and oxygen atoms in total. The first-order chi connectivity index (χ1) is 14.6. The van der Waals surface area contributed by atoms with Crippen LogP contribution in [0.4, 0.5) is 8.78 Å². The molecule has 0 bridgehead atoms. The molecule has 0 heterocycles. The van der Waals surface area contributed by atoms with E-state index in [4.69, 9.17) is 0 Å². The molecular weight excluding hydrogens is 374 g/mol. The molecule has 1 saturated carbocycles. The SMILES string of the molecule is C=CCCC1CCC(C=CCCc2ccc(C3=CCC(CC)CC3)c(F)c2F)CC1. The zero-order chi connectivity index (χ0) is 21.3. The second-order valence-electron chi connectivity index (χ2n) is 9.29. The van der Waals surface area contributed by atoms with Gasteiger partial charge in [0.05, 0.1) is 0 Å². The second kappa shape index (κ2) is 11.6. The van der Waals surface area contributed by atoms with E-state index in [-0.39, 0.29) is 0 Å². The molecule has 30 heavy (non-hydrogen) atoms. The lowest BCUT2D eigenvalue weighted by molar-refractivity contribution is 0.297. The minimum atomic E-state index is -0.657. The lowest BCUT2D eigenvalue weighted by Crippen LogP contribution is -2.12. The molecule has 0 radical (unpaired) electrons. The van der Waals surface area contributed by atoms with E-state index in [1.807, 2.05) is 6.08 Å². The maximum atomic E-state index is 14.7. The van der Waals surface area contributed by atoms with E-state index in [0.717, 1.165) is 50.0 Å². The van der Waals surface area contributed by atoms with Gasteiger partial charge in [0.1, 0.15) is 0 Å². The molecule has 164 valence electrons. The summed E-state index contributed by atoms with van der Waals surface area (Å²) in [7, 11) is 0. The Labute approximate surface area is 182 Å². The Morgan fingerprint density at radius 3 is 2.47 bits per heavy atom. The summed E-state index contributed by atoms with van der Waals surface area (Å²) < 4.78 is 29.4. The molecule has 1 unspecified atom stereocenters. The van der Waals surface area contributed by atoms with Gasteiger partial charge in [-0.1, -0.05) is 49.8 Å². The summed E-state index contributed by atoms with van der Waals surface area (Å²) in [5.74, 6) is 0.891. The standard InChI is InChI=1S/C28H38F2/c1-3-5-8-22-11-13-23(14-12-22)9-6-7-10-25-19-20-26(28(30)27(25)29)24-17-15-21(4-2)16-18-24/h3,6,9,17,19-23H,1,4-5,7-8,10-16,18H2,2H3. The summed E-state index contributed by atoms with van der Waals surface area (Å²) in [6.45, 7) is 6.01. The highest BCUT2D eigenvalue weighted by Crippen LogP contribution is 2.34. The van der Waals surface area contributed by atoms with Crippen molar-refractivity contribution < 1.29 is 8.78 Å². The average Bonchev–Trinajstić information content (AvgIpc) is 2.79. The predicted molar refractivity (Wildman–Crippen MR) is 124 cm³/mol. The fourth-order valence-electron chi connectivity index (χ4n) is 5.08. The van der Waals surface area contributed by atoms with E-state index < -0.39 is 11.6 Å². The van der Waals surface area contributed by atoms with Crippen LogP contribution in [0.1, 0.15) is 88.7 Å². The van der Waals surface area contributed by atoms with Crippen molar-refractivity contribution in [3.05, 3.63) is 65.8 Å². The van der Waals surface area contributed by atoms with Gasteiger partial charge in [-0.2, -0.15) is 0 Å². The van der Waals surface area contributed by atoms with Gasteiger partial charge in [0.25, 0.3) is 0 Å². The van der Waals surface area contributed by atoms with Crippen molar-refractivity contribution in [2.24, 2.45) is 17.8 Å². The lowest BCUT2D eigenvalue weighted by Gasteiger charge is -2.26. The Bertz CT molecular complexity index is 750. The van der Waals surface area contributed by atoms with Crippen molar-refractivity contribution in [2.75, 3.05) is 0 Å². The third-order valence-corrected chi connectivity index (χ3v) is 7.26. The topological polar surface area (TPSA) is 0 Å². The number of halogens is 2. The van der Waals surface area contributed by atoms with Gasteiger partial charge in [0.15, 0.2) is 11.6 Å². The molecule has 3 rings (SSSR count). The second-order valence-corrected chi connectivity index (χ2v) is 9.29. The molecule has 0 N–H and O–H groups in total. The van der Waals surface area contributed by atoms with Crippen molar-refractivity contribution in [2.45, 2.75) is 84.0 Å². The zero-order valence-electron chi connectivity index (χ0n) is 18.6. The first-order valence-corrected chi connectivity index (χ1v) is 12.1. The Morgan fingerprint density at radius 1 is 1.00 bits per heavy atom. The van der Waals surface area contributed by atoms with Crippen molar-refractivity contribution in [3.8, 4) is 0 Å². The Kier molecular flexibility index (Phi) is 8.90. The monoisotopic (exact) mass is 412 g/mol. The van der Waals surface area contributed by atoms with E-state index in [2.05, 4.69) is 31.7 Å². The third kappa shape index (κ3) is 6.15. The van der Waals surface area contributed by atoms with Crippen LogP contribution in [0.5, 0.6) is 0 Å². The van der Waals surface area contributed by atoms with Crippen LogP contribution in [0.2, 0.25) is 0 Å². The van der Waals surface area contributed by atoms with E-state index in [1.54, 1.807) is 12.1 Å². The van der Waals surface area contributed by atoms with Gasteiger partial charge in [-0.05, 0) is 99.5 Å². The maximum Gasteiger partial charge on any atom is 0.166 e. The molecule has 1 aromatic carbocycles. The number of hydrogen-bond donors (Lipinski definition) is 0. The van der Waals surface area contributed by atoms with Crippen LogP contribution < -0.4 is 0 Å². The normalized spacial score (nSPS) is 24.8. The quantitative estimate of drug-likeness (QED) is 0.355. The maximum absolute atomic E-state index is 14.7. The highest BCUT2D eigenvalue weighted by atomic mass is 19.2. The molecule has 0 amide bonds. The number of rotatable bonds is 9. The summed E-state index contributed by atoms with van der Waals surface area (Å²) in [4.78, 5) is 0. The van der Waals surface area contributed by atoms with Crippen LogP contribution in [0, 0.1) is 29.4 Å². The molecule has 2 heteroatoms. The minimum Gasteiger partial charge on any atom is -0.203 e. The number of benzene rings is 1. The summed E-state index contributed by atoms with van der Waals surface area (Å²) in [6.07, 6.45) is 21.5. The Hall–Kier alpha value is -1.70.